The van der Waals surface area contributed by atoms with Crippen LogP contribution in [-0.2, 0) is 4.79 Å². The third-order valence-corrected chi connectivity index (χ3v) is 3.60. The lowest BCUT2D eigenvalue weighted by molar-refractivity contribution is -0.121. The van der Waals surface area contributed by atoms with E-state index in [1.54, 1.807) is 32.3 Å². The van der Waals surface area contributed by atoms with Gasteiger partial charge >= 0.3 is 0 Å². The number of anilines is 2. The van der Waals surface area contributed by atoms with Crippen molar-refractivity contribution in [1.29, 1.82) is 0 Å². The second kappa shape index (κ2) is 5.81. The van der Waals surface area contributed by atoms with Crippen molar-refractivity contribution in [3.63, 3.8) is 0 Å². The zero-order valence-corrected chi connectivity index (χ0v) is 11.8. The van der Waals surface area contributed by atoms with Gasteiger partial charge in [-0.3, -0.25) is 9.59 Å². The number of carbonyl (C=O) groups is 2. The molecule has 1 aromatic rings. The highest BCUT2D eigenvalue weighted by atomic mass is 16.2. The molecule has 0 aliphatic carbocycles. The van der Waals surface area contributed by atoms with E-state index in [1.165, 1.54) is 0 Å². The molecule has 6 nitrogen and oxygen atoms in total. The molecule has 1 saturated heterocycles. The fourth-order valence-electron chi connectivity index (χ4n) is 2.61. The van der Waals surface area contributed by atoms with Crippen molar-refractivity contribution in [3.05, 3.63) is 23.8 Å². The molecule has 0 saturated carbocycles. The van der Waals surface area contributed by atoms with Gasteiger partial charge in [-0.05, 0) is 31.0 Å². The van der Waals surface area contributed by atoms with Crippen LogP contribution < -0.4 is 21.3 Å². The number of nitrogens with zero attached hydrogens (tertiary/aromatic N) is 1. The lowest BCUT2D eigenvalue weighted by Crippen LogP contribution is -2.42. The van der Waals surface area contributed by atoms with Crippen molar-refractivity contribution in [2.75, 3.05) is 31.3 Å². The summed E-state index contributed by atoms with van der Waals surface area (Å²) in [6.07, 6.45) is 1.70. The summed E-state index contributed by atoms with van der Waals surface area (Å²) in [5, 5.41) is 5.29. The summed E-state index contributed by atoms with van der Waals surface area (Å²) in [6, 6.07) is 4.90. The van der Waals surface area contributed by atoms with E-state index >= 15 is 0 Å². The maximum absolute atomic E-state index is 12.0. The van der Waals surface area contributed by atoms with Crippen molar-refractivity contribution in [2.24, 2.45) is 0 Å². The van der Waals surface area contributed by atoms with Gasteiger partial charge in [0.1, 0.15) is 6.04 Å². The first-order chi connectivity index (χ1) is 9.58. The van der Waals surface area contributed by atoms with Crippen molar-refractivity contribution in [1.82, 2.24) is 10.6 Å². The number of carbonyl (C=O) groups excluding carboxylic acids is 2. The molecule has 20 heavy (non-hydrogen) atoms. The summed E-state index contributed by atoms with van der Waals surface area (Å²) >= 11 is 0. The number of amides is 2. The van der Waals surface area contributed by atoms with Gasteiger partial charge in [0.25, 0.3) is 5.91 Å². The number of nitrogens with one attached hydrogen (secondary N) is 2. The number of likely N-dealkylation sites (N-methyl/N-ethyl adjacent to an activating group) is 1. The first-order valence-electron chi connectivity index (χ1n) is 6.68. The van der Waals surface area contributed by atoms with Crippen molar-refractivity contribution in [3.8, 4) is 0 Å². The van der Waals surface area contributed by atoms with Gasteiger partial charge in [-0.2, -0.15) is 0 Å². The number of benzene rings is 1. The van der Waals surface area contributed by atoms with Crippen LogP contribution in [0.15, 0.2) is 18.2 Å². The van der Waals surface area contributed by atoms with Crippen LogP contribution in [0.1, 0.15) is 23.2 Å². The SMILES string of the molecule is CNC(=O)c1ccc(N)cc1N1CCCC1C(=O)NC. The lowest BCUT2D eigenvalue weighted by atomic mass is 10.1. The topological polar surface area (TPSA) is 87.5 Å². The second-order valence-electron chi connectivity index (χ2n) is 4.82. The van der Waals surface area contributed by atoms with Crippen molar-refractivity contribution < 1.29 is 9.59 Å². The molecule has 1 heterocycles. The summed E-state index contributed by atoms with van der Waals surface area (Å²) in [7, 11) is 3.21. The maximum Gasteiger partial charge on any atom is 0.253 e. The van der Waals surface area contributed by atoms with Gasteiger partial charge in [0.2, 0.25) is 5.91 Å². The van der Waals surface area contributed by atoms with E-state index in [0.717, 1.165) is 25.1 Å². The van der Waals surface area contributed by atoms with E-state index in [1.807, 2.05) is 4.90 Å². The Morgan fingerprint density at radius 1 is 1.30 bits per heavy atom. The molecule has 0 spiro atoms. The number of nitrogens with two attached hydrogens (primary N) is 1. The average molecular weight is 276 g/mol. The van der Waals surface area contributed by atoms with E-state index in [9.17, 15) is 9.59 Å². The van der Waals surface area contributed by atoms with Crippen LogP contribution in [-0.4, -0.2) is 38.5 Å². The van der Waals surface area contributed by atoms with Crippen LogP contribution in [0.2, 0.25) is 0 Å². The molecule has 108 valence electrons. The summed E-state index contributed by atoms with van der Waals surface area (Å²) < 4.78 is 0. The molecule has 1 unspecified atom stereocenters. The van der Waals surface area contributed by atoms with E-state index in [0.29, 0.717) is 11.3 Å². The molecule has 4 N–H and O–H groups in total. The molecule has 2 amide bonds. The van der Waals surface area contributed by atoms with Gasteiger partial charge in [0, 0.05) is 26.3 Å². The maximum atomic E-state index is 12.0. The number of hydrogen-bond donors (Lipinski definition) is 3. The van der Waals surface area contributed by atoms with Crippen LogP contribution in [0.5, 0.6) is 0 Å². The van der Waals surface area contributed by atoms with E-state index in [4.69, 9.17) is 5.73 Å². The fraction of sp³-hybridized carbons (Fsp3) is 0.429. The molecule has 6 heteroatoms. The molecule has 1 aliphatic heterocycles. The molecule has 2 rings (SSSR count). The van der Waals surface area contributed by atoms with Crippen LogP contribution in [0.25, 0.3) is 0 Å². The largest absolute Gasteiger partial charge is 0.399 e. The Morgan fingerprint density at radius 2 is 2.05 bits per heavy atom. The average Bonchev–Trinajstić information content (AvgIpc) is 2.94. The first-order valence-corrected chi connectivity index (χ1v) is 6.68. The van der Waals surface area contributed by atoms with Crippen LogP contribution in [0.4, 0.5) is 11.4 Å². The third kappa shape index (κ3) is 2.54. The molecule has 1 fully saturated rings. The Kier molecular flexibility index (Phi) is 4.12. The number of rotatable bonds is 3. The minimum Gasteiger partial charge on any atom is -0.399 e. The second-order valence-corrected chi connectivity index (χ2v) is 4.82. The number of hydrogen-bond acceptors (Lipinski definition) is 4. The minimum atomic E-state index is -0.245. The predicted molar refractivity (Wildman–Crippen MR) is 78.7 cm³/mol. The highest BCUT2D eigenvalue weighted by Crippen LogP contribution is 2.30. The van der Waals surface area contributed by atoms with Gasteiger partial charge in [-0.1, -0.05) is 0 Å². The first kappa shape index (κ1) is 14.2. The third-order valence-electron chi connectivity index (χ3n) is 3.60. The molecule has 0 aromatic heterocycles. The van der Waals surface area contributed by atoms with Crippen molar-refractivity contribution in [2.45, 2.75) is 18.9 Å². The Hall–Kier alpha value is -2.24. The monoisotopic (exact) mass is 276 g/mol. The summed E-state index contributed by atoms with van der Waals surface area (Å²) in [4.78, 5) is 25.9. The molecule has 1 aliphatic rings. The zero-order valence-electron chi connectivity index (χ0n) is 11.8. The molecular weight excluding hydrogens is 256 g/mol. The molecule has 0 bridgehead atoms. The Morgan fingerprint density at radius 3 is 2.70 bits per heavy atom. The van der Waals surface area contributed by atoms with E-state index in [2.05, 4.69) is 10.6 Å². The molecule has 1 atom stereocenters. The van der Waals surface area contributed by atoms with Gasteiger partial charge in [-0.15, -0.1) is 0 Å². The summed E-state index contributed by atoms with van der Waals surface area (Å²) in [5.41, 5.74) is 7.67. The molecule has 0 radical (unpaired) electrons. The smallest absolute Gasteiger partial charge is 0.253 e. The van der Waals surface area contributed by atoms with Gasteiger partial charge < -0.3 is 21.3 Å². The Balaban J connectivity index is 2.42. The number of nitrogen functional groups attached to an aromatic ring is 1. The summed E-state index contributed by atoms with van der Waals surface area (Å²) in [6.45, 7) is 0.742. The van der Waals surface area contributed by atoms with E-state index in [-0.39, 0.29) is 17.9 Å². The quantitative estimate of drug-likeness (QED) is 0.695. The van der Waals surface area contributed by atoms with Crippen molar-refractivity contribution >= 4 is 23.2 Å². The highest BCUT2D eigenvalue weighted by molar-refractivity contribution is 6.01. The van der Waals surface area contributed by atoms with Gasteiger partial charge in [0.05, 0.1) is 11.3 Å². The predicted octanol–water partition coefficient (Wildman–Crippen LogP) is 0.343. The van der Waals surface area contributed by atoms with Gasteiger partial charge in [0.15, 0.2) is 0 Å². The van der Waals surface area contributed by atoms with Crippen LogP contribution in [0, 0.1) is 0 Å². The van der Waals surface area contributed by atoms with E-state index < -0.39 is 0 Å². The standard InChI is InChI=1S/C14H20N4O2/c1-16-13(19)10-6-5-9(15)8-12(10)18-7-3-4-11(18)14(20)17-2/h5-6,8,11H,3-4,7,15H2,1-2H3,(H,16,19)(H,17,20). The normalized spacial score (nSPS) is 17.9. The van der Waals surface area contributed by atoms with Crippen LogP contribution in [0.3, 0.4) is 0 Å². The molecular formula is C14H20N4O2. The highest BCUT2D eigenvalue weighted by Gasteiger charge is 2.32. The lowest BCUT2D eigenvalue weighted by Gasteiger charge is -2.27. The fourth-order valence-corrected chi connectivity index (χ4v) is 2.61. The summed E-state index contributed by atoms with van der Waals surface area (Å²) in [5.74, 6) is -0.213. The Bertz CT molecular complexity index is 530. The Labute approximate surface area is 118 Å². The molecule has 1 aromatic carbocycles. The van der Waals surface area contributed by atoms with Gasteiger partial charge in [-0.25, -0.2) is 0 Å². The van der Waals surface area contributed by atoms with Crippen LogP contribution >= 0.6 is 0 Å². The zero-order chi connectivity index (χ0) is 14.7. The minimum absolute atomic E-state index is 0.0345.